The van der Waals surface area contributed by atoms with Gasteiger partial charge in [-0.3, -0.25) is 5.10 Å². The molecular weight excluding hydrogens is 230 g/mol. The number of ether oxygens (including phenoxy) is 1. The molecule has 0 aliphatic rings. The van der Waals surface area contributed by atoms with Gasteiger partial charge in [0.1, 0.15) is 0 Å². The average molecular weight is 249 g/mol. The minimum atomic E-state index is 0.767. The maximum absolute atomic E-state index is 5.34. The first-order valence-electron chi connectivity index (χ1n) is 6.17. The molecule has 2 rings (SSSR count). The van der Waals surface area contributed by atoms with Crippen LogP contribution in [-0.2, 0) is 11.3 Å². The summed E-state index contributed by atoms with van der Waals surface area (Å²) in [6, 6.07) is 0. The lowest BCUT2D eigenvalue weighted by molar-refractivity contribution is 0.142. The molecule has 0 aliphatic carbocycles. The largest absolute Gasteiger partial charge is 0.382 e. The van der Waals surface area contributed by atoms with Crippen molar-refractivity contribution in [3.8, 4) is 0 Å². The van der Waals surface area contributed by atoms with Crippen LogP contribution in [-0.4, -0.2) is 33.0 Å². The van der Waals surface area contributed by atoms with Gasteiger partial charge in [0.25, 0.3) is 0 Å². The average Bonchev–Trinajstić information content (AvgIpc) is 2.96. The van der Waals surface area contributed by atoms with Gasteiger partial charge in [-0.1, -0.05) is 0 Å². The van der Waals surface area contributed by atoms with Crippen molar-refractivity contribution in [3.63, 3.8) is 0 Å². The van der Waals surface area contributed by atoms with Crippen LogP contribution in [0.1, 0.15) is 19.0 Å². The quantitative estimate of drug-likeness (QED) is 0.737. The second-order valence-electron chi connectivity index (χ2n) is 4.06. The van der Waals surface area contributed by atoms with Crippen LogP contribution in [0.25, 0.3) is 0 Å². The molecule has 0 atom stereocenters. The Morgan fingerprint density at radius 3 is 3.11 bits per heavy atom. The number of hydrogen-bond acceptors (Lipinski definition) is 4. The number of rotatable bonds is 7. The minimum absolute atomic E-state index is 0.767. The summed E-state index contributed by atoms with van der Waals surface area (Å²) in [5.74, 6) is 0.838. The summed E-state index contributed by atoms with van der Waals surface area (Å²) in [4.78, 5) is 4.45. The normalized spacial score (nSPS) is 10.8. The second-order valence-corrected chi connectivity index (χ2v) is 4.06. The van der Waals surface area contributed by atoms with Crippen molar-refractivity contribution in [1.29, 1.82) is 0 Å². The number of aromatic nitrogens is 4. The van der Waals surface area contributed by atoms with Gasteiger partial charge >= 0.3 is 0 Å². The Kier molecular flexibility index (Phi) is 4.35. The van der Waals surface area contributed by atoms with E-state index in [1.54, 1.807) is 12.4 Å². The molecule has 6 nitrogen and oxygen atoms in total. The lowest BCUT2D eigenvalue weighted by Crippen LogP contribution is -2.05. The number of H-pyrrole nitrogens is 1. The SMILES string of the molecule is CCOCCCn1cc(C)nc1Nc1cn[nH]c1. The molecule has 6 heteroatoms. The van der Waals surface area contributed by atoms with Crippen molar-refractivity contribution < 1.29 is 4.74 Å². The lowest BCUT2D eigenvalue weighted by Gasteiger charge is -2.08. The van der Waals surface area contributed by atoms with Crippen LogP contribution in [0.15, 0.2) is 18.6 Å². The van der Waals surface area contributed by atoms with Crippen molar-refractivity contribution >= 4 is 11.6 Å². The zero-order valence-corrected chi connectivity index (χ0v) is 10.8. The van der Waals surface area contributed by atoms with Gasteiger partial charge < -0.3 is 14.6 Å². The summed E-state index contributed by atoms with van der Waals surface area (Å²) >= 11 is 0. The summed E-state index contributed by atoms with van der Waals surface area (Å²) < 4.78 is 7.44. The molecule has 0 unspecified atom stereocenters. The molecule has 0 aliphatic heterocycles. The molecule has 98 valence electrons. The first-order valence-corrected chi connectivity index (χ1v) is 6.17. The summed E-state index contributed by atoms with van der Waals surface area (Å²) in [6.45, 7) is 6.43. The van der Waals surface area contributed by atoms with Crippen LogP contribution >= 0.6 is 0 Å². The molecule has 0 saturated carbocycles. The Bertz CT molecular complexity index is 463. The molecule has 2 heterocycles. The van der Waals surface area contributed by atoms with Crippen molar-refractivity contribution in [2.24, 2.45) is 0 Å². The smallest absolute Gasteiger partial charge is 0.207 e. The van der Waals surface area contributed by atoms with Crippen molar-refractivity contribution in [2.75, 3.05) is 18.5 Å². The van der Waals surface area contributed by atoms with E-state index in [2.05, 4.69) is 25.1 Å². The molecule has 0 aromatic carbocycles. The van der Waals surface area contributed by atoms with Crippen molar-refractivity contribution in [2.45, 2.75) is 26.8 Å². The highest BCUT2D eigenvalue weighted by atomic mass is 16.5. The Labute approximate surface area is 106 Å². The third-order valence-corrected chi connectivity index (χ3v) is 2.54. The van der Waals surface area contributed by atoms with Gasteiger partial charge in [0.05, 0.1) is 17.6 Å². The van der Waals surface area contributed by atoms with Crippen LogP contribution < -0.4 is 5.32 Å². The summed E-state index contributed by atoms with van der Waals surface area (Å²) in [6.07, 6.45) is 6.54. The number of hydrogen-bond donors (Lipinski definition) is 2. The van der Waals surface area contributed by atoms with Crippen LogP contribution in [0.3, 0.4) is 0 Å². The van der Waals surface area contributed by atoms with Gasteiger partial charge in [0.2, 0.25) is 5.95 Å². The van der Waals surface area contributed by atoms with Crippen molar-refractivity contribution in [1.82, 2.24) is 19.7 Å². The summed E-state index contributed by atoms with van der Waals surface area (Å²) in [7, 11) is 0. The highest BCUT2D eigenvalue weighted by Crippen LogP contribution is 2.15. The molecule has 0 spiro atoms. The number of imidazole rings is 1. The molecule has 0 bridgehead atoms. The number of anilines is 2. The Morgan fingerprint density at radius 2 is 2.39 bits per heavy atom. The van der Waals surface area contributed by atoms with Gasteiger partial charge in [0, 0.05) is 32.2 Å². The fourth-order valence-electron chi connectivity index (χ4n) is 1.75. The minimum Gasteiger partial charge on any atom is -0.382 e. The number of nitrogens with zero attached hydrogens (tertiary/aromatic N) is 3. The molecule has 0 saturated heterocycles. The molecule has 0 radical (unpaired) electrons. The molecule has 2 aromatic rings. The van der Waals surface area contributed by atoms with E-state index >= 15 is 0 Å². The lowest BCUT2D eigenvalue weighted by atomic mass is 10.4. The van der Waals surface area contributed by atoms with Crippen LogP contribution in [0.5, 0.6) is 0 Å². The third-order valence-electron chi connectivity index (χ3n) is 2.54. The Morgan fingerprint density at radius 1 is 1.50 bits per heavy atom. The monoisotopic (exact) mass is 249 g/mol. The number of aromatic amines is 1. The maximum Gasteiger partial charge on any atom is 0.207 e. The second kappa shape index (κ2) is 6.20. The van der Waals surface area contributed by atoms with Crippen LogP contribution in [0, 0.1) is 6.92 Å². The zero-order valence-electron chi connectivity index (χ0n) is 10.8. The highest BCUT2D eigenvalue weighted by Gasteiger charge is 2.06. The van der Waals surface area contributed by atoms with E-state index in [0.717, 1.165) is 43.5 Å². The fraction of sp³-hybridized carbons (Fsp3) is 0.500. The standard InChI is InChI=1S/C12H19N5O/c1-3-18-6-4-5-17-9-10(2)15-12(17)16-11-7-13-14-8-11/h7-9H,3-6H2,1-2H3,(H,13,14)(H,15,16). The molecule has 2 aromatic heterocycles. The van der Waals surface area contributed by atoms with Crippen LogP contribution in [0.4, 0.5) is 11.6 Å². The first kappa shape index (κ1) is 12.6. The summed E-state index contributed by atoms with van der Waals surface area (Å²) in [5, 5.41) is 9.89. The van der Waals surface area contributed by atoms with E-state index in [1.165, 1.54) is 0 Å². The van der Waals surface area contributed by atoms with Gasteiger partial charge in [-0.15, -0.1) is 0 Å². The predicted molar refractivity (Wildman–Crippen MR) is 69.9 cm³/mol. The van der Waals surface area contributed by atoms with E-state index in [-0.39, 0.29) is 0 Å². The van der Waals surface area contributed by atoms with Gasteiger partial charge in [-0.2, -0.15) is 5.10 Å². The molecule has 0 fully saturated rings. The summed E-state index contributed by atoms with van der Waals surface area (Å²) in [5.41, 5.74) is 1.91. The molecule has 0 amide bonds. The predicted octanol–water partition coefficient (Wildman–Crippen LogP) is 2.08. The van der Waals surface area contributed by atoms with E-state index < -0.39 is 0 Å². The topological polar surface area (TPSA) is 67.8 Å². The fourth-order valence-corrected chi connectivity index (χ4v) is 1.75. The molecular formula is C12H19N5O. The molecule has 2 N–H and O–H groups in total. The van der Waals surface area contributed by atoms with Gasteiger partial charge in [-0.25, -0.2) is 4.98 Å². The first-order chi connectivity index (χ1) is 8.79. The van der Waals surface area contributed by atoms with E-state index in [9.17, 15) is 0 Å². The van der Waals surface area contributed by atoms with E-state index in [4.69, 9.17) is 4.74 Å². The van der Waals surface area contributed by atoms with E-state index in [1.807, 2.05) is 20.0 Å². The van der Waals surface area contributed by atoms with Gasteiger partial charge in [0.15, 0.2) is 0 Å². The third kappa shape index (κ3) is 3.33. The van der Waals surface area contributed by atoms with Gasteiger partial charge in [-0.05, 0) is 20.3 Å². The maximum atomic E-state index is 5.34. The Balaban J connectivity index is 1.96. The van der Waals surface area contributed by atoms with E-state index in [0.29, 0.717) is 0 Å². The Hall–Kier alpha value is -1.82. The van der Waals surface area contributed by atoms with Crippen LogP contribution in [0.2, 0.25) is 0 Å². The molecule has 18 heavy (non-hydrogen) atoms. The zero-order chi connectivity index (χ0) is 12.8. The highest BCUT2D eigenvalue weighted by molar-refractivity contribution is 5.51. The number of nitrogens with one attached hydrogen (secondary N) is 2. The number of aryl methyl sites for hydroxylation is 2. The van der Waals surface area contributed by atoms with Crippen molar-refractivity contribution in [3.05, 3.63) is 24.3 Å².